The topological polar surface area (TPSA) is 37.0 Å². The summed E-state index contributed by atoms with van der Waals surface area (Å²) in [6.45, 7) is 0.767. The van der Waals surface area contributed by atoms with Crippen molar-refractivity contribution in [3.63, 3.8) is 0 Å². The molecule has 0 radical (unpaired) electrons. The van der Waals surface area contributed by atoms with Gasteiger partial charge in [-0.3, -0.25) is 0 Å². The average molecular weight is 253 g/mol. The second-order valence-electron chi connectivity index (χ2n) is 4.24. The van der Waals surface area contributed by atoms with Gasteiger partial charge in [-0.15, -0.1) is 11.3 Å². The summed E-state index contributed by atoms with van der Waals surface area (Å²) >= 11 is 1.74. The van der Waals surface area contributed by atoms with E-state index in [2.05, 4.69) is 39.9 Å². The van der Waals surface area contributed by atoms with Gasteiger partial charge in [-0.1, -0.05) is 30.3 Å². The summed E-state index contributed by atoms with van der Waals surface area (Å²) in [5.74, 6) is 0. The number of aromatic nitrogens is 1. The van der Waals surface area contributed by atoms with Gasteiger partial charge < -0.3 is 10.6 Å². The number of rotatable bonds is 1. The van der Waals surface area contributed by atoms with Crippen LogP contribution in [0.25, 0.3) is 20.7 Å². The van der Waals surface area contributed by atoms with Gasteiger partial charge in [-0.2, -0.15) is 0 Å². The van der Waals surface area contributed by atoms with Crippen molar-refractivity contribution in [2.75, 3.05) is 17.3 Å². The fourth-order valence-corrected chi connectivity index (χ4v) is 3.51. The molecule has 3 aromatic rings. The highest BCUT2D eigenvalue weighted by molar-refractivity contribution is 7.22. The van der Waals surface area contributed by atoms with Gasteiger partial charge in [-0.05, 0) is 11.6 Å². The third-order valence-corrected chi connectivity index (χ3v) is 4.32. The number of pyridine rings is 1. The van der Waals surface area contributed by atoms with Crippen LogP contribution in [0.1, 0.15) is 0 Å². The maximum absolute atomic E-state index is 4.47. The predicted octanol–water partition coefficient (Wildman–Crippen LogP) is 3.76. The summed E-state index contributed by atoms with van der Waals surface area (Å²) in [4.78, 5) is 6.82. The van der Waals surface area contributed by atoms with Crippen molar-refractivity contribution in [1.29, 1.82) is 0 Å². The van der Waals surface area contributed by atoms with Crippen LogP contribution in [0.3, 0.4) is 0 Å². The fraction of sp³-hybridized carbons (Fsp3) is 0.0714. The first-order chi connectivity index (χ1) is 8.93. The van der Waals surface area contributed by atoms with E-state index in [1.54, 1.807) is 11.3 Å². The monoisotopic (exact) mass is 253 g/mol. The Morgan fingerprint density at radius 2 is 1.94 bits per heavy atom. The third kappa shape index (κ3) is 1.32. The lowest BCUT2D eigenvalue weighted by Gasteiger charge is -2.17. The molecule has 18 heavy (non-hydrogen) atoms. The van der Waals surface area contributed by atoms with Crippen LogP contribution in [-0.2, 0) is 0 Å². The predicted molar refractivity (Wildman–Crippen MR) is 77.2 cm³/mol. The molecule has 0 spiro atoms. The van der Waals surface area contributed by atoms with Gasteiger partial charge in [0.25, 0.3) is 0 Å². The molecule has 88 valence electrons. The summed E-state index contributed by atoms with van der Waals surface area (Å²) in [6.07, 6.45) is 1.87. The van der Waals surface area contributed by atoms with Crippen molar-refractivity contribution in [2.45, 2.75) is 0 Å². The Morgan fingerprint density at radius 1 is 1.06 bits per heavy atom. The van der Waals surface area contributed by atoms with Crippen LogP contribution in [0.15, 0.2) is 42.6 Å². The number of nitrogens with zero attached hydrogens (tertiary/aromatic N) is 1. The molecule has 3 heterocycles. The minimum absolute atomic E-state index is 0.767. The molecule has 3 nitrogen and oxygen atoms in total. The number of hydrogen-bond acceptors (Lipinski definition) is 4. The Morgan fingerprint density at radius 3 is 2.83 bits per heavy atom. The largest absolute Gasteiger partial charge is 0.367 e. The summed E-state index contributed by atoms with van der Waals surface area (Å²) < 4.78 is 0. The zero-order valence-corrected chi connectivity index (χ0v) is 10.4. The third-order valence-electron chi connectivity index (χ3n) is 3.17. The van der Waals surface area contributed by atoms with Crippen LogP contribution in [0.5, 0.6) is 0 Å². The first-order valence-electron chi connectivity index (χ1n) is 5.88. The number of thiophene rings is 1. The lowest BCUT2D eigenvalue weighted by atomic mass is 10.1. The van der Waals surface area contributed by atoms with Crippen molar-refractivity contribution < 1.29 is 0 Å². The first-order valence-corrected chi connectivity index (χ1v) is 6.70. The van der Waals surface area contributed by atoms with Crippen molar-refractivity contribution in [1.82, 2.24) is 4.98 Å². The summed E-state index contributed by atoms with van der Waals surface area (Å²) in [5.41, 5.74) is 3.63. The van der Waals surface area contributed by atoms with E-state index in [0.29, 0.717) is 0 Å². The number of nitrogens with one attached hydrogen (secondary N) is 2. The zero-order valence-electron chi connectivity index (χ0n) is 9.60. The van der Waals surface area contributed by atoms with E-state index in [0.717, 1.165) is 11.5 Å². The molecule has 0 saturated carbocycles. The molecule has 2 N–H and O–H groups in total. The summed E-state index contributed by atoms with van der Waals surface area (Å²) in [7, 11) is 0. The molecule has 1 aliphatic heterocycles. The van der Waals surface area contributed by atoms with Crippen LogP contribution in [0.4, 0.5) is 11.4 Å². The van der Waals surface area contributed by atoms with Crippen LogP contribution in [-0.4, -0.2) is 11.7 Å². The number of anilines is 2. The maximum Gasteiger partial charge on any atom is 0.128 e. The van der Waals surface area contributed by atoms with E-state index in [4.69, 9.17) is 0 Å². The van der Waals surface area contributed by atoms with E-state index in [1.807, 2.05) is 18.3 Å². The van der Waals surface area contributed by atoms with E-state index >= 15 is 0 Å². The second kappa shape index (κ2) is 3.71. The Hall–Kier alpha value is -2.07. The van der Waals surface area contributed by atoms with Crippen LogP contribution < -0.4 is 10.6 Å². The molecule has 1 aromatic carbocycles. The highest BCUT2D eigenvalue weighted by atomic mass is 32.1. The van der Waals surface area contributed by atoms with Gasteiger partial charge in [0.05, 0.1) is 22.6 Å². The minimum Gasteiger partial charge on any atom is -0.367 e. The molecular formula is C14H11N3S. The van der Waals surface area contributed by atoms with E-state index < -0.39 is 0 Å². The Balaban J connectivity index is 2.06. The van der Waals surface area contributed by atoms with E-state index in [-0.39, 0.29) is 0 Å². The molecule has 2 aromatic heterocycles. The minimum atomic E-state index is 0.767. The molecular weight excluding hydrogens is 242 g/mol. The van der Waals surface area contributed by atoms with Crippen molar-refractivity contribution >= 4 is 32.9 Å². The fourth-order valence-electron chi connectivity index (χ4n) is 2.36. The SMILES string of the molecule is c1ccc(-c2sc3nccc4c3c2NCN4)cc1. The van der Waals surface area contributed by atoms with Gasteiger partial charge in [-0.25, -0.2) is 4.98 Å². The lowest BCUT2D eigenvalue weighted by Crippen LogP contribution is -2.16. The van der Waals surface area contributed by atoms with Gasteiger partial charge in [0.2, 0.25) is 0 Å². The molecule has 0 atom stereocenters. The first kappa shape index (κ1) is 9.91. The van der Waals surface area contributed by atoms with Crippen molar-refractivity contribution in [3.8, 4) is 10.4 Å². The van der Waals surface area contributed by atoms with Gasteiger partial charge in [0, 0.05) is 11.9 Å². The molecule has 0 bridgehead atoms. The standard InChI is InChI=1S/C14H11N3S/c1-2-4-9(5-3-1)13-12-11-10(16-8-17-12)6-7-15-14(11)18-13/h1-7,16-17H,8H2. The Labute approximate surface area is 108 Å². The number of hydrogen-bond donors (Lipinski definition) is 2. The van der Waals surface area contributed by atoms with E-state index in [1.165, 1.54) is 27.2 Å². The number of benzene rings is 1. The van der Waals surface area contributed by atoms with Gasteiger partial charge in [0.15, 0.2) is 0 Å². The maximum atomic E-state index is 4.47. The Bertz CT molecular complexity index is 718. The van der Waals surface area contributed by atoms with E-state index in [9.17, 15) is 0 Å². The molecule has 4 heteroatoms. The van der Waals surface area contributed by atoms with Crippen LogP contribution in [0.2, 0.25) is 0 Å². The van der Waals surface area contributed by atoms with Gasteiger partial charge >= 0.3 is 0 Å². The molecule has 0 saturated heterocycles. The van der Waals surface area contributed by atoms with Crippen LogP contribution in [0, 0.1) is 0 Å². The normalized spacial score (nSPS) is 13.1. The Kier molecular flexibility index (Phi) is 2.04. The van der Waals surface area contributed by atoms with Crippen molar-refractivity contribution in [2.24, 2.45) is 0 Å². The zero-order chi connectivity index (χ0) is 11.9. The van der Waals surface area contributed by atoms with Gasteiger partial charge in [0.1, 0.15) is 4.83 Å². The molecule has 0 aliphatic carbocycles. The molecule has 0 unspecified atom stereocenters. The average Bonchev–Trinajstić information content (AvgIpc) is 2.82. The molecule has 0 fully saturated rings. The molecule has 0 amide bonds. The summed E-state index contributed by atoms with van der Waals surface area (Å²) in [5, 5.41) is 8.00. The smallest absolute Gasteiger partial charge is 0.128 e. The lowest BCUT2D eigenvalue weighted by molar-refractivity contribution is 1.21. The quantitative estimate of drug-likeness (QED) is 0.693. The summed E-state index contributed by atoms with van der Waals surface area (Å²) in [6, 6.07) is 12.5. The van der Waals surface area contributed by atoms with Crippen molar-refractivity contribution in [3.05, 3.63) is 42.6 Å². The van der Waals surface area contributed by atoms with Crippen LogP contribution >= 0.6 is 11.3 Å². The highest BCUT2D eigenvalue weighted by Gasteiger charge is 2.19. The highest BCUT2D eigenvalue weighted by Crippen LogP contribution is 2.45. The second-order valence-corrected chi connectivity index (χ2v) is 5.24. The molecule has 1 aliphatic rings. The molecule has 4 rings (SSSR count).